The number of hydrogen-bond donors (Lipinski definition) is 3. The molecule has 0 bridgehead atoms. The van der Waals surface area contributed by atoms with Crippen molar-refractivity contribution in [2.24, 2.45) is 5.16 Å². The van der Waals surface area contributed by atoms with Crippen molar-refractivity contribution >= 4 is 75.0 Å². The van der Waals surface area contributed by atoms with Gasteiger partial charge in [-0.05, 0) is 12.5 Å². The van der Waals surface area contributed by atoms with Crippen LogP contribution in [0.25, 0.3) is 0 Å². The van der Waals surface area contributed by atoms with Crippen LogP contribution >= 0.6 is 46.4 Å². The van der Waals surface area contributed by atoms with E-state index >= 15 is 0 Å². The summed E-state index contributed by atoms with van der Waals surface area (Å²) >= 11 is 5.01. The molecule has 7 rings (SSSR count). The Labute approximate surface area is 308 Å². The van der Waals surface area contributed by atoms with Gasteiger partial charge >= 0.3 is 5.97 Å². The number of β-lactam (4-membered cyclic amide) rings is 1. The van der Waals surface area contributed by atoms with E-state index in [0.717, 1.165) is 33.2 Å². The summed E-state index contributed by atoms with van der Waals surface area (Å²) in [6.45, 7) is 1.84. The Hall–Kier alpha value is -5.10. The number of carboxylic acid groups (broad SMARTS) is 1. The summed E-state index contributed by atoms with van der Waals surface area (Å²) in [4.78, 5) is 52.0. The third-order valence-corrected chi connectivity index (χ3v) is 12.0. The lowest BCUT2D eigenvalue weighted by Gasteiger charge is -2.49. The second-order valence-corrected chi connectivity index (χ2v) is 15.6. The zero-order valence-electron chi connectivity index (χ0n) is 26.7. The van der Waals surface area contributed by atoms with Gasteiger partial charge in [0, 0.05) is 39.7 Å². The number of anilines is 1. The number of nitrogens with zero attached hydrogens (tertiary/aromatic N) is 6. The number of thioether (sulfide) groups is 2. The van der Waals surface area contributed by atoms with E-state index in [1.54, 1.807) is 0 Å². The van der Waals surface area contributed by atoms with E-state index in [9.17, 15) is 19.5 Å². The molecule has 258 valence electrons. The van der Waals surface area contributed by atoms with Crippen molar-refractivity contribution < 1.29 is 24.3 Å². The SMILES string of the molecule is Cc1nnc(SCC2=C(C(=O)O)N3C(=O)C(NC(=O)/C(=N/OC(c4ccccc4)(c4ccccc4)c4ccccc4)c4nsc(N)n4)C3SC2)s1. The largest absolute Gasteiger partial charge is 0.477 e. The Morgan fingerprint density at radius 1 is 1.02 bits per heavy atom. The van der Waals surface area contributed by atoms with Crippen LogP contribution in [-0.2, 0) is 24.8 Å². The average Bonchev–Trinajstić information content (AvgIpc) is 3.79. The number of nitrogens with two attached hydrogens (primary N) is 1. The Morgan fingerprint density at radius 2 is 1.63 bits per heavy atom. The van der Waals surface area contributed by atoms with Crippen LogP contribution in [0.4, 0.5) is 5.13 Å². The molecule has 0 saturated carbocycles. The predicted octanol–water partition coefficient (Wildman–Crippen LogP) is 4.52. The van der Waals surface area contributed by atoms with Crippen molar-refractivity contribution in [3.05, 3.63) is 130 Å². The van der Waals surface area contributed by atoms with Gasteiger partial charge in [0.2, 0.25) is 17.1 Å². The molecule has 2 atom stereocenters. The minimum atomic E-state index is -1.32. The molecule has 5 aromatic rings. The van der Waals surface area contributed by atoms with Crippen molar-refractivity contribution in [3.63, 3.8) is 0 Å². The lowest BCUT2D eigenvalue weighted by atomic mass is 9.80. The predicted molar refractivity (Wildman–Crippen MR) is 196 cm³/mol. The number of aliphatic carboxylic acids is 1. The fourth-order valence-corrected chi connectivity index (χ4v) is 9.53. The molecule has 1 saturated heterocycles. The van der Waals surface area contributed by atoms with E-state index in [1.807, 2.05) is 97.9 Å². The standard InChI is InChI=1S/C34H28N8O5S4/c1-19-38-39-33(50-19)49-18-20-17-48-30-25(29(44)42(30)26(20)31(45)46)36-28(43)24(27-37-32(35)51-41-27)40-47-34(21-11-5-2-6-12-21,22-13-7-3-8-14-22)23-15-9-4-10-16-23/h2-16,25,30H,17-18H2,1H3,(H,36,43)(H,45,46)(H2,35,37,41)/b40-24+. The first-order chi connectivity index (χ1) is 24.8. The van der Waals surface area contributed by atoms with Crippen LogP contribution in [0.3, 0.4) is 0 Å². The minimum Gasteiger partial charge on any atom is -0.477 e. The maximum absolute atomic E-state index is 14.1. The molecule has 2 aromatic heterocycles. The highest BCUT2D eigenvalue weighted by Gasteiger charge is 2.54. The molecule has 1 fully saturated rings. The number of rotatable bonds is 12. The van der Waals surface area contributed by atoms with Crippen LogP contribution < -0.4 is 11.1 Å². The molecule has 2 aliphatic rings. The highest BCUT2D eigenvalue weighted by atomic mass is 32.2. The van der Waals surface area contributed by atoms with Gasteiger partial charge in [-0.3, -0.25) is 14.5 Å². The van der Waals surface area contributed by atoms with Gasteiger partial charge in [0.15, 0.2) is 9.47 Å². The molecule has 2 amide bonds. The highest BCUT2D eigenvalue weighted by Crippen LogP contribution is 2.43. The molecule has 51 heavy (non-hydrogen) atoms. The highest BCUT2D eigenvalue weighted by molar-refractivity contribution is 8.01. The second-order valence-electron chi connectivity index (χ2n) is 11.3. The van der Waals surface area contributed by atoms with Gasteiger partial charge in [0.25, 0.3) is 11.8 Å². The number of nitrogen functional groups attached to an aromatic ring is 1. The first-order valence-corrected chi connectivity index (χ1v) is 19.0. The lowest BCUT2D eigenvalue weighted by Crippen LogP contribution is -2.71. The van der Waals surface area contributed by atoms with Crippen molar-refractivity contribution in [1.82, 2.24) is 29.8 Å². The van der Waals surface area contributed by atoms with Gasteiger partial charge < -0.3 is 21.0 Å². The maximum atomic E-state index is 14.1. The number of benzene rings is 3. The zero-order chi connectivity index (χ0) is 35.5. The summed E-state index contributed by atoms with van der Waals surface area (Å²) in [5, 5.41) is 25.7. The lowest BCUT2D eigenvalue weighted by molar-refractivity contribution is -0.150. The quantitative estimate of drug-likeness (QED) is 0.0532. The van der Waals surface area contributed by atoms with E-state index in [1.165, 1.54) is 39.8 Å². The number of carbonyl (C=O) groups is 3. The summed E-state index contributed by atoms with van der Waals surface area (Å²) in [6, 6.07) is 27.4. The summed E-state index contributed by atoms with van der Waals surface area (Å²) in [7, 11) is 0. The number of oxime groups is 1. The smallest absolute Gasteiger partial charge is 0.352 e. The second kappa shape index (κ2) is 14.6. The Balaban J connectivity index is 1.21. The molecule has 3 aromatic carbocycles. The van der Waals surface area contributed by atoms with Crippen LogP contribution in [0.15, 0.2) is 112 Å². The van der Waals surface area contributed by atoms with Crippen LogP contribution in [0, 0.1) is 6.92 Å². The van der Waals surface area contributed by atoms with E-state index in [4.69, 9.17) is 10.6 Å². The minimum absolute atomic E-state index is 0.0876. The van der Waals surface area contributed by atoms with E-state index in [0.29, 0.717) is 21.4 Å². The molecule has 17 heteroatoms. The van der Waals surface area contributed by atoms with E-state index in [-0.39, 0.29) is 22.4 Å². The summed E-state index contributed by atoms with van der Waals surface area (Å²) in [6.07, 6.45) is 0. The van der Waals surface area contributed by atoms with Gasteiger partial charge in [-0.1, -0.05) is 119 Å². The molecule has 13 nitrogen and oxygen atoms in total. The average molecular weight is 757 g/mol. The number of carboxylic acids is 1. The Kier molecular flexibility index (Phi) is 9.86. The topological polar surface area (TPSA) is 186 Å². The van der Waals surface area contributed by atoms with Gasteiger partial charge in [0.05, 0.1) is 0 Å². The molecular weight excluding hydrogens is 729 g/mol. The fraction of sp³-hybridized carbons (Fsp3) is 0.176. The number of carbonyl (C=O) groups excluding carboxylic acids is 2. The van der Waals surface area contributed by atoms with Crippen LogP contribution in [0.1, 0.15) is 27.5 Å². The van der Waals surface area contributed by atoms with Crippen LogP contribution in [0.5, 0.6) is 0 Å². The number of hydrogen-bond acceptors (Lipinski definition) is 14. The van der Waals surface area contributed by atoms with Gasteiger partial charge in [-0.25, -0.2) is 4.79 Å². The summed E-state index contributed by atoms with van der Waals surface area (Å²) in [5.74, 6) is -1.99. The zero-order valence-corrected chi connectivity index (χ0v) is 30.0. The van der Waals surface area contributed by atoms with Gasteiger partial charge in [0.1, 0.15) is 22.1 Å². The molecule has 0 spiro atoms. The molecule has 4 heterocycles. The molecule has 0 radical (unpaired) electrons. The molecular formula is C34H28N8O5S4. The monoisotopic (exact) mass is 756 g/mol. The third kappa shape index (κ3) is 6.72. The summed E-state index contributed by atoms with van der Waals surface area (Å²) in [5.41, 5.74) is 7.01. The summed E-state index contributed by atoms with van der Waals surface area (Å²) < 4.78 is 4.94. The van der Waals surface area contributed by atoms with Gasteiger partial charge in [-0.2, -0.15) is 9.36 Å². The van der Waals surface area contributed by atoms with Crippen molar-refractivity contribution in [1.29, 1.82) is 0 Å². The van der Waals surface area contributed by atoms with Gasteiger partial charge in [-0.15, -0.1) is 22.0 Å². The van der Waals surface area contributed by atoms with Crippen molar-refractivity contribution in [3.8, 4) is 0 Å². The number of amides is 2. The number of fused-ring (bicyclic) bond motifs is 1. The molecule has 2 unspecified atom stereocenters. The van der Waals surface area contributed by atoms with Crippen molar-refractivity contribution in [2.75, 3.05) is 17.2 Å². The van der Waals surface area contributed by atoms with E-state index < -0.39 is 34.8 Å². The van der Waals surface area contributed by atoms with Crippen molar-refractivity contribution in [2.45, 2.75) is 28.3 Å². The van der Waals surface area contributed by atoms with Crippen LogP contribution in [-0.4, -0.2) is 76.0 Å². The Bertz CT molecular complexity index is 2050. The fourth-order valence-electron chi connectivity index (χ4n) is 5.80. The number of aromatic nitrogens is 4. The molecule has 4 N–H and O–H groups in total. The van der Waals surface area contributed by atoms with E-state index in [2.05, 4.69) is 30.0 Å². The molecule has 0 aliphatic carbocycles. The third-order valence-electron chi connectivity index (χ3n) is 8.10. The first kappa shape index (κ1) is 34.4. The number of aryl methyl sites for hydroxylation is 1. The normalized spacial score (nSPS) is 17.5. The Morgan fingerprint density at radius 3 is 2.14 bits per heavy atom. The first-order valence-electron chi connectivity index (χ1n) is 15.4. The maximum Gasteiger partial charge on any atom is 0.352 e. The van der Waals surface area contributed by atoms with Crippen LogP contribution in [0.2, 0.25) is 0 Å². The molecule has 2 aliphatic heterocycles. The number of nitrogens with one attached hydrogen (secondary N) is 1.